The predicted octanol–water partition coefficient (Wildman–Crippen LogP) is 2.22. The third-order valence-corrected chi connectivity index (χ3v) is 5.13. The van der Waals surface area contributed by atoms with Crippen LogP contribution < -0.4 is 11.1 Å². The minimum Gasteiger partial charge on any atom is -0.382 e. The summed E-state index contributed by atoms with van der Waals surface area (Å²) in [6, 6.07) is 5.70. The van der Waals surface area contributed by atoms with E-state index in [1.807, 2.05) is 0 Å². The van der Waals surface area contributed by atoms with Crippen molar-refractivity contribution in [3.05, 3.63) is 24.3 Å². The van der Waals surface area contributed by atoms with E-state index in [0.29, 0.717) is 12.5 Å². The summed E-state index contributed by atoms with van der Waals surface area (Å²) in [4.78, 5) is -0.361. The smallest absolute Gasteiger partial charge is 0.341 e. The van der Waals surface area contributed by atoms with Gasteiger partial charge in [0, 0.05) is 11.7 Å². The van der Waals surface area contributed by atoms with Crippen molar-refractivity contribution in [1.29, 1.82) is 0 Å². The van der Waals surface area contributed by atoms with Gasteiger partial charge in [-0.1, -0.05) is 6.42 Å². The Morgan fingerprint density at radius 2 is 1.90 bits per heavy atom. The molecular weight excluding hydrogens is 286 g/mol. The fraction of sp³-hybridized carbons (Fsp3) is 0.538. The van der Waals surface area contributed by atoms with Crippen molar-refractivity contribution in [3.63, 3.8) is 0 Å². The summed E-state index contributed by atoms with van der Waals surface area (Å²) in [5.41, 5.74) is 6.42. The van der Waals surface area contributed by atoms with Crippen LogP contribution in [0.25, 0.3) is 0 Å². The summed E-state index contributed by atoms with van der Waals surface area (Å²) >= 11 is 0. The zero-order valence-corrected chi connectivity index (χ0v) is 11.7. The van der Waals surface area contributed by atoms with Crippen LogP contribution in [0, 0.1) is 5.92 Å². The van der Waals surface area contributed by atoms with Crippen molar-refractivity contribution in [1.82, 2.24) is 0 Å². The molecule has 1 aliphatic rings. The average Bonchev–Trinajstić information content (AvgIpc) is 2.86. The molecule has 0 bridgehead atoms. The molecule has 1 aromatic carbocycles. The lowest BCUT2D eigenvalue weighted by Crippen LogP contribution is -2.29. The summed E-state index contributed by atoms with van der Waals surface area (Å²) in [5.74, 6) is -2.99. The number of hydrogen-bond donors (Lipinski definition) is 2. The summed E-state index contributed by atoms with van der Waals surface area (Å²) in [5, 5.41) is 3.29. The lowest BCUT2D eigenvalue weighted by atomic mass is 10.0. The average molecular weight is 304 g/mol. The molecule has 0 spiro atoms. The van der Waals surface area contributed by atoms with Crippen LogP contribution in [-0.2, 0) is 9.84 Å². The molecule has 1 aliphatic carbocycles. The normalized spacial score (nSPS) is 23.2. The van der Waals surface area contributed by atoms with Crippen molar-refractivity contribution < 1.29 is 17.2 Å². The van der Waals surface area contributed by atoms with Crippen molar-refractivity contribution in [2.45, 2.75) is 36.0 Å². The second kappa shape index (κ2) is 6.05. The van der Waals surface area contributed by atoms with Gasteiger partial charge in [0.1, 0.15) is 0 Å². The molecule has 0 aromatic heterocycles. The number of hydrogen-bond acceptors (Lipinski definition) is 4. The van der Waals surface area contributed by atoms with Gasteiger partial charge in [0.25, 0.3) is 0 Å². The zero-order chi connectivity index (χ0) is 14.8. The van der Waals surface area contributed by atoms with Crippen LogP contribution >= 0.6 is 0 Å². The molecule has 2 atom stereocenters. The van der Waals surface area contributed by atoms with Gasteiger partial charge in [-0.25, -0.2) is 8.42 Å². The fourth-order valence-electron chi connectivity index (χ4n) is 2.57. The molecule has 1 aromatic rings. The number of benzene rings is 1. The summed E-state index contributed by atoms with van der Waals surface area (Å²) < 4.78 is 47.4. The molecule has 112 valence electrons. The van der Waals surface area contributed by atoms with Crippen molar-refractivity contribution in [2.75, 3.05) is 11.9 Å². The van der Waals surface area contributed by atoms with Crippen molar-refractivity contribution >= 4 is 15.5 Å². The molecule has 4 nitrogen and oxygen atoms in total. The Balaban J connectivity index is 2.09. The molecule has 1 fully saturated rings. The van der Waals surface area contributed by atoms with Gasteiger partial charge in [0.15, 0.2) is 0 Å². The Kier molecular flexibility index (Phi) is 4.59. The highest BCUT2D eigenvalue weighted by molar-refractivity contribution is 7.91. The number of rotatable bonds is 5. The number of sulfone groups is 1. The predicted molar refractivity (Wildman–Crippen MR) is 73.4 cm³/mol. The fourth-order valence-corrected chi connectivity index (χ4v) is 3.29. The van der Waals surface area contributed by atoms with Gasteiger partial charge in [-0.2, -0.15) is 8.78 Å². The molecule has 1 saturated carbocycles. The minimum absolute atomic E-state index is 0.262. The summed E-state index contributed by atoms with van der Waals surface area (Å²) in [6.45, 7) is 0.607. The number of halogens is 2. The van der Waals surface area contributed by atoms with Crippen LogP contribution in [0.2, 0.25) is 0 Å². The Labute approximate surface area is 117 Å². The van der Waals surface area contributed by atoms with Crippen LogP contribution in [0.15, 0.2) is 29.2 Å². The Morgan fingerprint density at radius 1 is 1.25 bits per heavy atom. The molecule has 0 saturated heterocycles. The minimum atomic E-state index is -4.52. The van der Waals surface area contributed by atoms with E-state index in [1.54, 1.807) is 0 Å². The molecule has 3 N–H and O–H groups in total. The maximum atomic E-state index is 12.4. The maximum Gasteiger partial charge on any atom is 0.341 e. The second-order valence-electron chi connectivity index (χ2n) is 5.01. The lowest BCUT2D eigenvalue weighted by molar-refractivity contribution is 0.234. The summed E-state index contributed by atoms with van der Waals surface area (Å²) in [7, 11) is -4.52. The molecule has 0 amide bonds. The molecule has 0 heterocycles. The maximum absolute atomic E-state index is 12.4. The number of alkyl halides is 2. The van der Waals surface area contributed by atoms with E-state index in [9.17, 15) is 17.2 Å². The second-order valence-corrected chi connectivity index (χ2v) is 6.93. The quantitative estimate of drug-likeness (QED) is 0.875. The van der Waals surface area contributed by atoms with E-state index < -0.39 is 15.6 Å². The van der Waals surface area contributed by atoms with Gasteiger partial charge in [0.05, 0.1) is 4.90 Å². The van der Waals surface area contributed by atoms with E-state index in [1.165, 1.54) is 24.3 Å². The first-order valence-electron chi connectivity index (χ1n) is 6.54. The van der Waals surface area contributed by atoms with E-state index in [0.717, 1.165) is 24.9 Å². The third kappa shape index (κ3) is 3.09. The van der Waals surface area contributed by atoms with Crippen LogP contribution in [0.3, 0.4) is 0 Å². The SMILES string of the molecule is NCC1CCCC1Nc1ccc(S(=O)(=O)C(F)F)cc1. The number of nitrogens with one attached hydrogen (secondary N) is 1. The van der Waals surface area contributed by atoms with Crippen molar-refractivity contribution in [2.24, 2.45) is 11.7 Å². The lowest BCUT2D eigenvalue weighted by Gasteiger charge is -2.20. The van der Waals surface area contributed by atoms with E-state index in [-0.39, 0.29) is 10.9 Å². The van der Waals surface area contributed by atoms with Crippen LogP contribution in [0.4, 0.5) is 14.5 Å². The highest BCUT2D eigenvalue weighted by Crippen LogP contribution is 2.28. The number of anilines is 1. The van der Waals surface area contributed by atoms with Gasteiger partial charge >= 0.3 is 5.76 Å². The number of nitrogens with two attached hydrogens (primary N) is 1. The first kappa shape index (κ1) is 15.2. The molecule has 7 heteroatoms. The Morgan fingerprint density at radius 3 is 2.45 bits per heavy atom. The molecule has 20 heavy (non-hydrogen) atoms. The zero-order valence-electron chi connectivity index (χ0n) is 10.9. The Bertz CT molecular complexity index is 546. The van der Waals surface area contributed by atoms with Gasteiger partial charge in [0.2, 0.25) is 9.84 Å². The summed E-state index contributed by atoms with van der Waals surface area (Å²) in [6.07, 6.45) is 3.20. The molecule has 2 unspecified atom stereocenters. The molecule has 0 aliphatic heterocycles. The highest BCUT2D eigenvalue weighted by Gasteiger charge is 2.27. The van der Waals surface area contributed by atoms with Crippen LogP contribution in [0.5, 0.6) is 0 Å². The molecular formula is C13H18F2N2O2S. The van der Waals surface area contributed by atoms with Gasteiger partial charge in [-0.15, -0.1) is 0 Å². The van der Waals surface area contributed by atoms with Gasteiger partial charge in [-0.05, 0) is 49.6 Å². The van der Waals surface area contributed by atoms with Gasteiger partial charge in [-0.3, -0.25) is 0 Å². The monoisotopic (exact) mass is 304 g/mol. The van der Waals surface area contributed by atoms with E-state index >= 15 is 0 Å². The first-order chi connectivity index (χ1) is 9.45. The molecule has 0 radical (unpaired) electrons. The van der Waals surface area contributed by atoms with Crippen LogP contribution in [-0.4, -0.2) is 26.8 Å². The molecule has 2 rings (SSSR count). The third-order valence-electron chi connectivity index (χ3n) is 3.73. The van der Waals surface area contributed by atoms with E-state index in [2.05, 4.69) is 5.32 Å². The highest BCUT2D eigenvalue weighted by atomic mass is 32.2. The first-order valence-corrected chi connectivity index (χ1v) is 8.08. The van der Waals surface area contributed by atoms with Crippen molar-refractivity contribution in [3.8, 4) is 0 Å². The standard InChI is InChI=1S/C13H18F2N2O2S/c14-13(15)20(18,19)11-6-4-10(5-7-11)17-12-3-1-2-9(12)8-16/h4-7,9,12-13,17H,1-3,8,16H2. The largest absolute Gasteiger partial charge is 0.382 e. The van der Waals surface area contributed by atoms with E-state index in [4.69, 9.17) is 5.73 Å². The van der Waals surface area contributed by atoms with Gasteiger partial charge < -0.3 is 11.1 Å². The topological polar surface area (TPSA) is 72.2 Å². The Hall–Kier alpha value is -1.21. The van der Waals surface area contributed by atoms with Crippen LogP contribution in [0.1, 0.15) is 19.3 Å².